The molecule has 2 N–H and O–H groups in total. The van der Waals surface area contributed by atoms with Crippen LogP contribution in [0.5, 0.6) is 5.75 Å². The maximum atomic E-state index is 12.3. The predicted molar refractivity (Wildman–Crippen MR) is 79.0 cm³/mol. The van der Waals surface area contributed by atoms with Gasteiger partial charge in [-0.3, -0.25) is 9.48 Å². The molecule has 2 rings (SSSR count). The molecule has 0 aliphatic carbocycles. The van der Waals surface area contributed by atoms with Crippen molar-refractivity contribution >= 4 is 11.9 Å². The second-order valence-corrected chi connectivity index (χ2v) is 4.81. The van der Waals surface area contributed by atoms with Crippen LogP contribution < -0.4 is 10.1 Å². The van der Waals surface area contributed by atoms with E-state index >= 15 is 0 Å². The van der Waals surface area contributed by atoms with E-state index in [9.17, 15) is 9.59 Å². The molecule has 1 aromatic heterocycles. The van der Waals surface area contributed by atoms with Crippen LogP contribution in [0.2, 0.25) is 0 Å². The van der Waals surface area contributed by atoms with Crippen molar-refractivity contribution in [3.63, 3.8) is 0 Å². The van der Waals surface area contributed by atoms with Gasteiger partial charge in [-0.25, -0.2) is 4.79 Å². The van der Waals surface area contributed by atoms with Crippen LogP contribution in [0, 0.1) is 0 Å². The number of carbonyl (C=O) groups is 2. The zero-order valence-electron chi connectivity index (χ0n) is 12.5. The quantitative estimate of drug-likeness (QED) is 0.875. The Morgan fingerprint density at radius 2 is 2.14 bits per heavy atom. The number of carbonyl (C=O) groups excluding carboxylic acids is 1. The summed E-state index contributed by atoms with van der Waals surface area (Å²) in [5.41, 5.74) is 0.742. The third kappa shape index (κ3) is 3.08. The molecule has 1 atom stereocenters. The van der Waals surface area contributed by atoms with Crippen LogP contribution in [0.4, 0.5) is 0 Å². The van der Waals surface area contributed by atoms with Crippen molar-refractivity contribution in [2.24, 2.45) is 7.05 Å². The molecule has 0 aliphatic heterocycles. The van der Waals surface area contributed by atoms with Gasteiger partial charge in [-0.1, -0.05) is 12.1 Å². The fourth-order valence-corrected chi connectivity index (χ4v) is 2.12. The van der Waals surface area contributed by atoms with Crippen LogP contribution in [0.15, 0.2) is 30.5 Å². The Kier molecular flexibility index (Phi) is 4.45. The molecule has 0 bridgehead atoms. The van der Waals surface area contributed by atoms with Crippen molar-refractivity contribution in [3.05, 3.63) is 47.3 Å². The molecule has 7 nitrogen and oxygen atoms in total. The van der Waals surface area contributed by atoms with E-state index in [0.29, 0.717) is 5.75 Å². The molecular weight excluding hydrogens is 286 g/mol. The van der Waals surface area contributed by atoms with E-state index < -0.39 is 11.9 Å². The molecule has 0 fully saturated rings. The molecule has 0 radical (unpaired) electrons. The Bertz CT molecular complexity index is 709. The van der Waals surface area contributed by atoms with Crippen LogP contribution in [-0.2, 0) is 7.05 Å². The van der Waals surface area contributed by atoms with Gasteiger partial charge >= 0.3 is 5.97 Å². The number of aryl methyl sites for hydroxylation is 1. The van der Waals surface area contributed by atoms with Gasteiger partial charge in [-0.2, -0.15) is 5.10 Å². The summed E-state index contributed by atoms with van der Waals surface area (Å²) in [5.74, 6) is -0.995. The summed E-state index contributed by atoms with van der Waals surface area (Å²) in [4.78, 5) is 23.5. The number of methoxy groups -OCH3 is 1. The molecule has 1 heterocycles. The first-order chi connectivity index (χ1) is 10.4. The number of ether oxygens (including phenoxy) is 1. The average molecular weight is 303 g/mol. The summed E-state index contributed by atoms with van der Waals surface area (Å²) in [5, 5.41) is 15.7. The summed E-state index contributed by atoms with van der Waals surface area (Å²) in [6, 6.07) is 6.99. The lowest BCUT2D eigenvalue weighted by molar-refractivity contribution is 0.0690. The van der Waals surface area contributed by atoms with Gasteiger partial charge in [-0.05, 0) is 24.6 Å². The number of nitrogens with one attached hydrogen (secondary N) is 1. The number of hydrogen-bond donors (Lipinski definition) is 2. The molecule has 116 valence electrons. The fraction of sp³-hybridized carbons (Fsp3) is 0.267. The third-order valence-corrected chi connectivity index (χ3v) is 3.33. The molecule has 7 heteroatoms. The monoisotopic (exact) mass is 303 g/mol. The molecule has 22 heavy (non-hydrogen) atoms. The van der Waals surface area contributed by atoms with Crippen molar-refractivity contribution in [1.29, 1.82) is 0 Å². The Morgan fingerprint density at radius 3 is 2.77 bits per heavy atom. The van der Waals surface area contributed by atoms with Crippen molar-refractivity contribution in [3.8, 4) is 5.75 Å². The molecule has 0 spiro atoms. The normalized spacial score (nSPS) is 11.8. The van der Waals surface area contributed by atoms with Gasteiger partial charge in [0.05, 0.1) is 19.3 Å². The number of carboxylic acid groups (broad SMARTS) is 1. The molecule has 0 aliphatic rings. The largest absolute Gasteiger partial charge is 0.497 e. The summed E-state index contributed by atoms with van der Waals surface area (Å²) in [6.45, 7) is 1.81. The van der Waals surface area contributed by atoms with Gasteiger partial charge in [0.25, 0.3) is 5.91 Å². The second kappa shape index (κ2) is 6.30. The lowest BCUT2D eigenvalue weighted by Gasteiger charge is -2.15. The number of rotatable bonds is 5. The van der Waals surface area contributed by atoms with Gasteiger partial charge in [-0.15, -0.1) is 0 Å². The van der Waals surface area contributed by atoms with Crippen LogP contribution in [0.3, 0.4) is 0 Å². The highest BCUT2D eigenvalue weighted by Gasteiger charge is 2.23. The molecule has 0 saturated carbocycles. The summed E-state index contributed by atoms with van der Waals surface area (Å²) >= 11 is 0. The van der Waals surface area contributed by atoms with E-state index in [1.165, 1.54) is 11.7 Å². The number of carboxylic acids is 1. The van der Waals surface area contributed by atoms with Crippen LogP contribution in [-0.4, -0.2) is 33.9 Å². The zero-order chi connectivity index (χ0) is 16.3. The minimum atomic E-state index is -1.19. The topological polar surface area (TPSA) is 93.4 Å². The Balaban J connectivity index is 2.21. The van der Waals surface area contributed by atoms with Crippen LogP contribution in [0.25, 0.3) is 0 Å². The molecule has 0 saturated heterocycles. The first kappa shape index (κ1) is 15.6. The first-order valence-corrected chi connectivity index (χ1v) is 6.64. The minimum Gasteiger partial charge on any atom is -0.497 e. The van der Waals surface area contributed by atoms with Gasteiger partial charge in [0.15, 0.2) is 0 Å². The highest BCUT2D eigenvalue weighted by molar-refractivity contribution is 6.03. The van der Waals surface area contributed by atoms with Crippen LogP contribution in [0.1, 0.15) is 39.4 Å². The number of hydrogen-bond acceptors (Lipinski definition) is 4. The van der Waals surface area contributed by atoms with Gasteiger partial charge in [0.1, 0.15) is 17.0 Å². The van der Waals surface area contributed by atoms with E-state index in [1.807, 2.05) is 31.2 Å². The number of aromatic carboxylic acids is 1. The highest BCUT2D eigenvalue weighted by Crippen LogP contribution is 2.19. The lowest BCUT2D eigenvalue weighted by Crippen LogP contribution is -2.29. The Hall–Kier alpha value is -2.83. The van der Waals surface area contributed by atoms with Crippen molar-refractivity contribution in [2.45, 2.75) is 13.0 Å². The van der Waals surface area contributed by atoms with Gasteiger partial charge in [0, 0.05) is 7.05 Å². The zero-order valence-corrected chi connectivity index (χ0v) is 12.5. The third-order valence-electron chi connectivity index (χ3n) is 3.33. The number of benzene rings is 1. The second-order valence-electron chi connectivity index (χ2n) is 4.81. The first-order valence-electron chi connectivity index (χ1n) is 6.64. The summed E-state index contributed by atoms with van der Waals surface area (Å²) in [6.07, 6.45) is 1.16. The minimum absolute atomic E-state index is 0.0160. The lowest BCUT2D eigenvalue weighted by atomic mass is 10.1. The summed E-state index contributed by atoms with van der Waals surface area (Å²) < 4.78 is 6.39. The smallest absolute Gasteiger partial charge is 0.339 e. The van der Waals surface area contributed by atoms with E-state index in [1.54, 1.807) is 7.11 Å². The summed E-state index contributed by atoms with van der Waals surface area (Å²) in [7, 11) is 3.09. The van der Waals surface area contributed by atoms with E-state index in [4.69, 9.17) is 9.84 Å². The maximum Gasteiger partial charge on any atom is 0.339 e. The highest BCUT2D eigenvalue weighted by atomic mass is 16.5. The number of amides is 1. The molecule has 1 aromatic carbocycles. The fourth-order valence-electron chi connectivity index (χ4n) is 2.12. The van der Waals surface area contributed by atoms with Crippen molar-refractivity contribution in [1.82, 2.24) is 15.1 Å². The maximum absolute atomic E-state index is 12.3. The Morgan fingerprint density at radius 1 is 1.41 bits per heavy atom. The van der Waals surface area contributed by atoms with Gasteiger partial charge in [0.2, 0.25) is 0 Å². The standard InChI is InChI=1S/C15H17N3O4/c1-9(10-5-4-6-11(7-10)22-3)17-14(19)13-12(15(20)21)8-16-18(13)2/h4-9H,1-3H3,(H,17,19)(H,20,21)/t9-/m1/s1. The van der Waals surface area contributed by atoms with Crippen molar-refractivity contribution < 1.29 is 19.4 Å². The number of aromatic nitrogens is 2. The molecule has 1 amide bonds. The average Bonchev–Trinajstić information content (AvgIpc) is 2.89. The Labute approximate surface area is 127 Å². The van der Waals surface area contributed by atoms with Gasteiger partial charge < -0.3 is 15.2 Å². The van der Waals surface area contributed by atoms with Crippen molar-refractivity contribution in [2.75, 3.05) is 7.11 Å². The van der Waals surface area contributed by atoms with E-state index in [-0.39, 0.29) is 17.3 Å². The van der Waals surface area contributed by atoms with E-state index in [0.717, 1.165) is 11.8 Å². The SMILES string of the molecule is COc1cccc([C@@H](C)NC(=O)c2c(C(=O)O)cnn2C)c1. The number of nitrogens with zero attached hydrogens (tertiary/aromatic N) is 2. The van der Waals surface area contributed by atoms with E-state index in [2.05, 4.69) is 10.4 Å². The molecule has 2 aromatic rings. The molecule has 0 unspecified atom stereocenters. The molecular formula is C15H17N3O4. The van der Waals surface area contributed by atoms with Crippen LogP contribution >= 0.6 is 0 Å². The predicted octanol–water partition coefficient (Wildman–Crippen LogP) is 1.62.